The summed E-state index contributed by atoms with van der Waals surface area (Å²) in [5, 5.41) is 0. The zero-order valence-electron chi connectivity index (χ0n) is 9.42. The van der Waals surface area contributed by atoms with Gasteiger partial charge in [0, 0.05) is 5.69 Å². The molecule has 0 radical (unpaired) electrons. The topological polar surface area (TPSA) is 38.3 Å². The Morgan fingerprint density at radius 3 is 2.35 bits per heavy atom. The van der Waals surface area contributed by atoms with E-state index < -0.39 is 11.0 Å². The molecule has 0 unspecified atom stereocenters. The monoisotopic (exact) mass is 247 g/mol. The largest absolute Gasteiger partial charge is 0.495 e. The second-order valence-corrected chi connectivity index (χ2v) is 4.57. The maximum Gasteiger partial charge on any atom is 0.154 e. The van der Waals surface area contributed by atoms with E-state index in [0.29, 0.717) is 10.6 Å². The third-order valence-corrected chi connectivity index (χ3v) is 3.41. The molecule has 2 rings (SSSR count). The Morgan fingerprint density at radius 1 is 1.00 bits per heavy atom. The van der Waals surface area contributed by atoms with Gasteiger partial charge in [0.05, 0.1) is 7.11 Å². The number of hydrogen-bond donors (Lipinski definition) is 1. The van der Waals surface area contributed by atoms with Gasteiger partial charge in [-0.05, 0) is 24.3 Å². The third-order valence-electron chi connectivity index (χ3n) is 2.25. The summed E-state index contributed by atoms with van der Waals surface area (Å²) in [7, 11) is 0.247. The molecular weight excluding hydrogens is 234 g/mol. The fourth-order valence-corrected chi connectivity index (χ4v) is 2.44. The summed E-state index contributed by atoms with van der Waals surface area (Å²) in [5.74, 6) is 0.620. The lowest BCUT2D eigenvalue weighted by Crippen LogP contribution is -2.06. The van der Waals surface area contributed by atoms with Crippen molar-refractivity contribution in [1.82, 2.24) is 0 Å². The molecule has 1 atom stereocenters. The van der Waals surface area contributed by atoms with Crippen LogP contribution in [0.1, 0.15) is 0 Å². The quantitative estimate of drug-likeness (QED) is 0.902. The van der Waals surface area contributed by atoms with Gasteiger partial charge in [-0.3, -0.25) is 0 Å². The van der Waals surface area contributed by atoms with Crippen LogP contribution in [0.25, 0.3) is 0 Å². The molecule has 3 nitrogen and oxygen atoms in total. The molecule has 0 bridgehead atoms. The highest BCUT2D eigenvalue weighted by atomic mass is 32.2. The van der Waals surface area contributed by atoms with Gasteiger partial charge in [-0.2, -0.15) is 0 Å². The van der Waals surface area contributed by atoms with Crippen LogP contribution in [0.15, 0.2) is 59.5 Å². The summed E-state index contributed by atoms with van der Waals surface area (Å²) >= 11 is 0. The minimum atomic E-state index is -1.32. The average Bonchev–Trinajstić information content (AvgIpc) is 2.40. The second kappa shape index (κ2) is 5.50. The first-order chi connectivity index (χ1) is 8.31. The molecule has 0 aromatic heterocycles. The van der Waals surface area contributed by atoms with E-state index in [1.165, 1.54) is 0 Å². The molecule has 2 aromatic rings. The first kappa shape index (κ1) is 11.7. The molecule has 0 aliphatic rings. The fourth-order valence-electron chi connectivity index (χ4n) is 1.44. The molecule has 88 valence electrons. The maximum atomic E-state index is 12.1. The highest BCUT2D eigenvalue weighted by Crippen LogP contribution is 2.22. The normalized spacial score (nSPS) is 11.8. The number of methoxy groups -OCH3 is 1. The van der Waals surface area contributed by atoms with Crippen molar-refractivity contribution in [1.29, 1.82) is 0 Å². The Morgan fingerprint density at radius 2 is 1.65 bits per heavy atom. The molecule has 17 heavy (non-hydrogen) atoms. The molecule has 0 aliphatic carbocycles. The van der Waals surface area contributed by atoms with Gasteiger partial charge in [0.25, 0.3) is 0 Å². The van der Waals surface area contributed by atoms with Crippen molar-refractivity contribution >= 4 is 16.7 Å². The van der Waals surface area contributed by atoms with E-state index >= 15 is 0 Å². The van der Waals surface area contributed by atoms with Crippen LogP contribution in [0, 0.1) is 0 Å². The van der Waals surface area contributed by atoms with Crippen molar-refractivity contribution in [2.24, 2.45) is 0 Å². The van der Waals surface area contributed by atoms with Crippen molar-refractivity contribution in [2.45, 2.75) is 4.90 Å². The number of nitrogens with one attached hydrogen (secondary N) is 1. The number of benzene rings is 2. The van der Waals surface area contributed by atoms with E-state index in [9.17, 15) is 4.21 Å². The van der Waals surface area contributed by atoms with Gasteiger partial charge in [-0.25, -0.2) is 4.21 Å². The van der Waals surface area contributed by atoms with Crippen molar-refractivity contribution in [2.75, 3.05) is 11.8 Å². The van der Waals surface area contributed by atoms with Gasteiger partial charge in [-0.1, -0.05) is 30.3 Å². The summed E-state index contributed by atoms with van der Waals surface area (Å²) in [6, 6.07) is 16.7. The van der Waals surface area contributed by atoms with Gasteiger partial charge in [-0.15, -0.1) is 0 Å². The van der Waals surface area contributed by atoms with Gasteiger partial charge in [0.2, 0.25) is 0 Å². The molecule has 0 saturated heterocycles. The van der Waals surface area contributed by atoms with E-state index in [-0.39, 0.29) is 0 Å². The SMILES string of the molecule is COc1ccccc1[S@@](=O)Nc1ccccc1. The Labute approximate surface area is 103 Å². The fraction of sp³-hybridized carbons (Fsp3) is 0.0769. The minimum Gasteiger partial charge on any atom is -0.495 e. The lowest BCUT2D eigenvalue weighted by molar-refractivity contribution is 0.404. The second-order valence-electron chi connectivity index (χ2n) is 3.39. The highest BCUT2D eigenvalue weighted by molar-refractivity contribution is 7.86. The van der Waals surface area contributed by atoms with Crippen LogP contribution in [0.2, 0.25) is 0 Å². The number of ether oxygens (including phenoxy) is 1. The predicted octanol–water partition coefficient (Wildman–Crippen LogP) is 2.83. The first-order valence-electron chi connectivity index (χ1n) is 5.18. The van der Waals surface area contributed by atoms with Gasteiger partial charge < -0.3 is 9.46 Å². The summed E-state index contributed by atoms with van der Waals surface area (Å²) in [6.07, 6.45) is 0. The Bertz CT molecular complexity index is 514. The van der Waals surface area contributed by atoms with E-state index in [2.05, 4.69) is 4.72 Å². The number of rotatable bonds is 4. The van der Waals surface area contributed by atoms with Crippen molar-refractivity contribution in [3.05, 3.63) is 54.6 Å². The van der Waals surface area contributed by atoms with Gasteiger partial charge in [0.1, 0.15) is 10.6 Å². The van der Waals surface area contributed by atoms with Crippen molar-refractivity contribution < 1.29 is 8.95 Å². The zero-order chi connectivity index (χ0) is 12.1. The number of anilines is 1. The lowest BCUT2D eigenvalue weighted by atomic mass is 10.3. The summed E-state index contributed by atoms with van der Waals surface area (Å²) in [4.78, 5) is 0.638. The Hall–Kier alpha value is -1.81. The van der Waals surface area contributed by atoms with E-state index in [1.54, 1.807) is 19.2 Å². The smallest absolute Gasteiger partial charge is 0.154 e. The Kier molecular flexibility index (Phi) is 3.77. The molecule has 0 saturated carbocycles. The molecule has 0 heterocycles. The standard InChI is InChI=1S/C13H13NO2S/c1-16-12-9-5-6-10-13(12)17(15)14-11-7-3-2-4-8-11/h2-10,14H,1H3/t17-/m1/s1. The van der Waals surface area contributed by atoms with E-state index in [4.69, 9.17) is 4.74 Å². The number of para-hydroxylation sites is 2. The molecule has 0 spiro atoms. The van der Waals surface area contributed by atoms with Crippen LogP contribution < -0.4 is 9.46 Å². The Balaban J connectivity index is 2.20. The van der Waals surface area contributed by atoms with Crippen LogP contribution in [0.3, 0.4) is 0 Å². The molecule has 4 heteroatoms. The molecular formula is C13H13NO2S. The van der Waals surface area contributed by atoms with Crippen molar-refractivity contribution in [3.63, 3.8) is 0 Å². The average molecular weight is 247 g/mol. The first-order valence-corrected chi connectivity index (χ1v) is 6.33. The van der Waals surface area contributed by atoms with Gasteiger partial charge in [0.15, 0.2) is 11.0 Å². The summed E-state index contributed by atoms with van der Waals surface area (Å²) in [5.41, 5.74) is 0.816. The lowest BCUT2D eigenvalue weighted by Gasteiger charge is -2.09. The van der Waals surface area contributed by atoms with Crippen LogP contribution >= 0.6 is 0 Å². The zero-order valence-corrected chi connectivity index (χ0v) is 10.2. The van der Waals surface area contributed by atoms with E-state index in [0.717, 1.165) is 5.69 Å². The van der Waals surface area contributed by atoms with E-state index in [1.807, 2.05) is 42.5 Å². The predicted molar refractivity (Wildman–Crippen MR) is 69.5 cm³/mol. The molecule has 0 fully saturated rings. The maximum absolute atomic E-state index is 12.1. The molecule has 0 amide bonds. The third kappa shape index (κ3) is 2.85. The summed E-state index contributed by atoms with van der Waals surface area (Å²) in [6.45, 7) is 0. The minimum absolute atomic E-state index is 0.620. The van der Waals surface area contributed by atoms with Gasteiger partial charge >= 0.3 is 0 Å². The summed E-state index contributed by atoms with van der Waals surface area (Å²) < 4.78 is 20.2. The number of hydrogen-bond acceptors (Lipinski definition) is 2. The van der Waals surface area contributed by atoms with Crippen LogP contribution in [0.4, 0.5) is 5.69 Å². The van der Waals surface area contributed by atoms with Crippen molar-refractivity contribution in [3.8, 4) is 5.75 Å². The van der Waals surface area contributed by atoms with Crippen LogP contribution in [-0.2, 0) is 11.0 Å². The molecule has 0 aliphatic heterocycles. The van der Waals surface area contributed by atoms with Crippen LogP contribution in [0.5, 0.6) is 5.75 Å². The molecule has 2 aromatic carbocycles. The highest BCUT2D eigenvalue weighted by Gasteiger charge is 2.09. The van der Waals surface area contributed by atoms with Crippen LogP contribution in [-0.4, -0.2) is 11.3 Å². The molecule has 1 N–H and O–H groups in total.